The minimum atomic E-state index is 0.792. The second-order valence-electron chi connectivity index (χ2n) is 4.12. The lowest BCUT2D eigenvalue weighted by Crippen LogP contribution is -2.12. The Morgan fingerprint density at radius 1 is 1.32 bits per heavy atom. The fraction of sp³-hybridized carbons (Fsp3) is 0.286. The predicted octanol–water partition coefficient (Wildman–Crippen LogP) is 3.81. The van der Waals surface area contributed by atoms with Gasteiger partial charge in [-0.1, -0.05) is 22.9 Å². The zero-order chi connectivity index (χ0) is 13.7. The largest absolute Gasteiger partial charge is 0.313 e. The number of nitrogens with one attached hydrogen (secondary N) is 1. The van der Waals surface area contributed by atoms with Gasteiger partial charge in [0.15, 0.2) is 5.16 Å². The van der Waals surface area contributed by atoms with Crippen molar-refractivity contribution >= 4 is 27.7 Å². The van der Waals surface area contributed by atoms with E-state index < -0.39 is 0 Å². The quantitative estimate of drug-likeness (QED) is 0.842. The van der Waals surface area contributed by atoms with Gasteiger partial charge < -0.3 is 5.32 Å². The number of hydrogen-bond acceptors (Lipinski definition) is 4. The van der Waals surface area contributed by atoms with Crippen LogP contribution in [0.1, 0.15) is 18.2 Å². The third-order valence-electron chi connectivity index (χ3n) is 2.56. The summed E-state index contributed by atoms with van der Waals surface area (Å²) in [5.41, 5.74) is 2.24. The van der Waals surface area contributed by atoms with E-state index in [0.29, 0.717) is 0 Å². The van der Waals surface area contributed by atoms with Gasteiger partial charge in [0.25, 0.3) is 0 Å². The molecule has 1 heterocycles. The van der Waals surface area contributed by atoms with E-state index in [4.69, 9.17) is 0 Å². The first-order valence-corrected chi connectivity index (χ1v) is 7.76. The molecule has 1 N–H and O–H groups in total. The maximum atomic E-state index is 4.43. The number of rotatable bonds is 5. The number of nitrogens with zero attached hydrogens (tertiary/aromatic N) is 2. The fourth-order valence-electron chi connectivity index (χ4n) is 1.62. The highest BCUT2D eigenvalue weighted by atomic mass is 79.9. The van der Waals surface area contributed by atoms with Crippen molar-refractivity contribution in [2.24, 2.45) is 0 Å². The average molecular weight is 338 g/mol. The molecule has 0 saturated carbocycles. The first kappa shape index (κ1) is 14.5. The summed E-state index contributed by atoms with van der Waals surface area (Å²) in [4.78, 5) is 9.92. The number of aromatic nitrogens is 2. The van der Waals surface area contributed by atoms with Gasteiger partial charge in [0, 0.05) is 27.8 Å². The van der Waals surface area contributed by atoms with Gasteiger partial charge in [-0.2, -0.15) is 0 Å². The van der Waals surface area contributed by atoms with Crippen molar-refractivity contribution < 1.29 is 0 Å². The highest BCUT2D eigenvalue weighted by molar-refractivity contribution is 9.10. The Bertz CT molecular complexity index is 560. The molecule has 0 aliphatic rings. The lowest BCUT2D eigenvalue weighted by molar-refractivity contribution is 0.717. The summed E-state index contributed by atoms with van der Waals surface area (Å²) in [5, 5.41) is 4.15. The Kier molecular flexibility index (Phi) is 5.36. The molecule has 0 radical (unpaired) electrons. The van der Waals surface area contributed by atoms with Crippen molar-refractivity contribution in [2.75, 3.05) is 6.54 Å². The molecule has 0 amide bonds. The van der Waals surface area contributed by atoms with E-state index in [1.165, 1.54) is 10.5 Å². The molecule has 0 spiro atoms. The molecule has 0 saturated heterocycles. The van der Waals surface area contributed by atoms with Crippen LogP contribution >= 0.6 is 27.7 Å². The second-order valence-corrected chi connectivity index (χ2v) is 6.04. The fourth-order valence-corrected chi connectivity index (χ4v) is 2.93. The summed E-state index contributed by atoms with van der Waals surface area (Å²) >= 11 is 5.12. The molecular formula is C14H16BrN3S. The monoisotopic (exact) mass is 337 g/mol. The van der Waals surface area contributed by atoms with E-state index in [2.05, 4.69) is 50.3 Å². The van der Waals surface area contributed by atoms with Gasteiger partial charge in [-0.3, -0.25) is 0 Å². The summed E-state index contributed by atoms with van der Waals surface area (Å²) in [6.07, 6.45) is 1.80. The first-order valence-electron chi connectivity index (χ1n) is 6.15. The van der Waals surface area contributed by atoms with E-state index in [1.54, 1.807) is 18.0 Å². The van der Waals surface area contributed by atoms with E-state index in [1.807, 2.05) is 19.1 Å². The molecule has 1 aromatic carbocycles. The van der Waals surface area contributed by atoms with Crippen LogP contribution in [0.25, 0.3) is 0 Å². The standard InChI is InChI=1S/C14H16BrN3S/c1-3-16-9-11-8-12(15)4-5-13(11)19-14-17-7-6-10(2)18-14/h4-8,16H,3,9H2,1-2H3. The maximum absolute atomic E-state index is 4.43. The van der Waals surface area contributed by atoms with Crippen molar-refractivity contribution in [2.45, 2.75) is 30.4 Å². The Hall–Kier alpha value is -0.910. The molecular weight excluding hydrogens is 322 g/mol. The summed E-state index contributed by atoms with van der Waals surface area (Å²) in [6.45, 7) is 5.89. The Labute approximate surface area is 126 Å². The van der Waals surface area contributed by atoms with E-state index >= 15 is 0 Å². The second kappa shape index (κ2) is 7.03. The van der Waals surface area contributed by atoms with E-state index in [9.17, 15) is 0 Å². The third-order valence-corrected chi connectivity index (χ3v) is 4.05. The molecule has 19 heavy (non-hydrogen) atoms. The molecule has 0 atom stereocenters. The molecule has 0 unspecified atom stereocenters. The lowest BCUT2D eigenvalue weighted by Gasteiger charge is -2.09. The van der Waals surface area contributed by atoms with Crippen molar-refractivity contribution in [3.05, 3.63) is 46.2 Å². The van der Waals surface area contributed by atoms with Gasteiger partial charge >= 0.3 is 0 Å². The normalized spacial score (nSPS) is 10.7. The summed E-state index contributed by atoms with van der Waals surface area (Å²) in [5.74, 6) is 0. The number of aryl methyl sites for hydroxylation is 1. The minimum Gasteiger partial charge on any atom is -0.313 e. The molecule has 100 valence electrons. The Morgan fingerprint density at radius 2 is 2.16 bits per heavy atom. The number of halogens is 1. The summed E-state index contributed by atoms with van der Waals surface area (Å²) in [7, 11) is 0. The molecule has 0 fully saturated rings. The van der Waals surface area contributed by atoms with Crippen molar-refractivity contribution in [3.8, 4) is 0 Å². The molecule has 0 aliphatic carbocycles. The first-order chi connectivity index (χ1) is 9.19. The van der Waals surface area contributed by atoms with Crippen LogP contribution in [-0.2, 0) is 6.54 Å². The number of hydrogen-bond donors (Lipinski definition) is 1. The van der Waals surface area contributed by atoms with Crippen LogP contribution < -0.4 is 5.32 Å². The zero-order valence-corrected chi connectivity index (χ0v) is 13.4. The van der Waals surface area contributed by atoms with Crippen molar-refractivity contribution in [3.63, 3.8) is 0 Å². The van der Waals surface area contributed by atoms with Gasteiger partial charge in [-0.15, -0.1) is 0 Å². The van der Waals surface area contributed by atoms with Crippen LogP contribution in [0.5, 0.6) is 0 Å². The number of benzene rings is 1. The SMILES string of the molecule is CCNCc1cc(Br)ccc1Sc1nccc(C)n1. The van der Waals surface area contributed by atoms with Gasteiger partial charge in [0.05, 0.1) is 0 Å². The highest BCUT2D eigenvalue weighted by Crippen LogP contribution is 2.30. The highest BCUT2D eigenvalue weighted by Gasteiger charge is 2.07. The Balaban J connectivity index is 2.23. The third kappa shape index (κ3) is 4.30. The smallest absolute Gasteiger partial charge is 0.192 e. The average Bonchev–Trinajstić information content (AvgIpc) is 2.39. The summed E-state index contributed by atoms with van der Waals surface area (Å²) in [6, 6.07) is 8.20. The predicted molar refractivity (Wildman–Crippen MR) is 82.4 cm³/mol. The molecule has 2 rings (SSSR count). The van der Waals surface area contributed by atoms with Crippen LogP contribution in [0.3, 0.4) is 0 Å². The lowest BCUT2D eigenvalue weighted by atomic mass is 10.2. The van der Waals surface area contributed by atoms with Gasteiger partial charge in [0.1, 0.15) is 0 Å². The van der Waals surface area contributed by atoms with Crippen LogP contribution in [0, 0.1) is 6.92 Å². The topological polar surface area (TPSA) is 37.8 Å². The van der Waals surface area contributed by atoms with E-state index in [-0.39, 0.29) is 0 Å². The van der Waals surface area contributed by atoms with Gasteiger partial charge in [-0.05, 0) is 55.1 Å². The zero-order valence-electron chi connectivity index (χ0n) is 11.0. The van der Waals surface area contributed by atoms with Gasteiger partial charge in [-0.25, -0.2) is 9.97 Å². The van der Waals surface area contributed by atoms with Crippen molar-refractivity contribution in [1.29, 1.82) is 0 Å². The maximum Gasteiger partial charge on any atom is 0.192 e. The van der Waals surface area contributed by atoms with E-state index in [0.717, 1.165) is 28.4 Å². The van der Waals surface area contributed by atoms with Crippen LogP contribution in [0.2, 0.25) is 0 Å². The van der Waals surface area contributed by atoms with Crippen LogP contribution in [-0.4, -0.2) is 16.5 Å². The van der Waals surface area contributed by atoms with Crippen LogP contribution in [0.15, 0.2) is 45.0 Å². The van der Waals surface area contributed by atoms with Crippen molar-refractivity contribution in [1.82, 2.24) is 15.3 Å². The Morgan fingerprint density at radius 3 is 2.89 bits per heavy atom. The molecule has 1 aromatic heterocycles. The summed E-state index contributed by atoms with van der Waals surface area (Å²) < 4.78 is 1.09. The van der Waals surface area contributed by atoms with Crippen LogP contribution in [0.4, 0.5) is 0 Å². The molecule has 0 aliphatic heterocycles. The molecule has 2 aromatic rings. The minimum absolute atomic E-state index is 0.792. The molecule has 5 heteroatoms. The molecule has 0 bridgehead atoms. The molecule has 3 nitrogen and oxygen atoms in total. The van der Waals surface area contributed by atoms with Gasteiger partial charge in [0.2, 0.25) is 0 Å².